The average molecular weight is 448 g/mol. The van der Waals surface area contributed by atoms with Crippen LogP contribution in [0.15, 0.2) is 12.1 Å². The van der Waals surface area contributed by atoms with Gasteiger partial charge in [0, 0.05) is 44.0 Å². The Kier molecular flexibility index (Phi) is 8.72. The summed E-state index contributed by atoms with van der Waals surface area (Å²) in [4.78, 5) is 36.7. The first-order valence-electron chi connectivity index (χ1n) is 11.4. The second-order valence-corrected chi connectivity index (χ2v) is 7.96. The number of carbonyl (C=O) groups excluding carboxylic acids is 3. The zero-order chi connectivity index (χ0) is 22.9. The van der Waals surface area contributed by atoms with E-state index >= 15 is 0 Å². The molecule has 0 aromatic heterocycles. The third-order valence-electron chi connectivity index (χ3n) is 5.29. The minimum atomic E-state index is -0.310. The predicted molar refractivity (Wildman–Crippen MR) is 120 cm³/mol. The Hall–Kier alpha value is -2.81. The molecule has 1 saturated carbocycles. The molecule has 0 bridgehead atoms. The second-order valence-electron chi connectivity index (χ2n) is 7.96. The van der Waals surface area contributed by atoms with Crippen LogP contribution in [0.1, 0.15) is 52.4 Å². The van der Waals surface area contributed by atoms with Gasteiger partial charge in [0.15, 0.2) is 0 Å². The zero-order valence-electron chi connectivity index (χ0n) is 18.8. The van der Waals surface area contributed by atoms with Gasteiger partial charge in [0.05, 0.1) is 30.7 Å². The van der Waals surface area contributed by atoms with Gasteiger partial charge in [-0.2, -0.15) is 0 Å². The molecule has 2 aliphatic rings. The lowest BCUT2D eigenvalue weighted by molar-refractivity contribution is -0.124. The maximum Gasteiger partial charge on any atom is 0.227 e. The Balaban J connectivity index is 1.60. The quantitative estimate of drug-likeness (QED) is 0.454. The summed E-state index contributed by atoms with van der Waals surface area (Å²) < 4.78 is 16.8. The Bertz CT molecular complexity index is 818. The van der Waals surface area contributed by atoms with E-state index in [0.29, 0.717) is 42.6 Å². The molecule has 176 valence electrons. The molecule has 0 unspecified atom stereocenters. The van der Waals surface area contributed by atoms with Crippen molar-refractivity contribution in [1.82, 2.24) is 5.32 Å². The first-order valence-corrected chi connectivity index (χ1v) is 11.4. The Labute approximate surface area is 188 Å². The van der Waals surface area contributed by atoms with E-state index in [2.05, 4.69) is 16.0 Å². The van der Waals surface area contributed by atoms with Crippen molar-refractivity contribution in [2.24, 2.45) is 5.92 Å². The number of nitrogens with one attached hydrogen (secondary N) is 3. The maximum absolute atomic E-state index is 12.5. The van der Waals surface area contributed by atoms with Crippen LogP contribution in [0.5, 0.6) is 11.5 Å². The number of hydrogen-bond donors (Lipinski definition) is 3. The van der Waals surface area contributed by atoms with Gasteiger partial charge in [-0.1, -0.05) is 0 Å². The summed E-state index contributed by atoms with van der Waals surface area (Å²) in [5.41, 5.74) is 0.947. The molecule has 3 amide bonds. The fraction of sp³-hybridized carbons (Fsp3) is 0.609. The van der Waals surface area contributed by atoms with E-state index in [1.807, 2.05) is 13.8 Å². The van der Waals surface area contributed by atoms with Crippen LogP contribution in [0.4, 0.5) is 11.4 Å². The molecule has 1 aliphatic heterocycles. The lowest BCUT2D eigenvalue weighted by Crippen LogP contribution is -2.32. The van der Waals surface area contributed by atoms with Crippen molar-refractivity contribution in [1.29, 1.82) is 0 Å². The minimum absolute atomic E-state index is 0.0348. The number of carbonyl (C=O) groups is 3. The largest absolute Gasteiger partial charge is 0.492 e. The van der Waals surface area contributed by atoms with E-state index in [0.717, 1.165) is 32.3 Å². The molecule has 1 saturated heterocycles. The van der Waals surface area contributed by atoms with Crippen molar-refractivity contribution in [2.75, 3.05) is 37.0 Å². The molecular weight excluding hydrogens is 414 g/mol. The number of benzene rings is 1. The fourth-order valence-electron chi connectivity index (χ4n) is 3.45. The van der Waals surface area contributed by atoms with Gasteiger partial charge in [-0.25, -0.2) is 0 Å². The summed E-state index contributed by atoms with van der Waals surface area (Å²) in [5, 5.41) is 8.51. The topological polar surface area (TPSA) is 115 Å². The third-order valence-corrected chi connectivity index (χ3v) is 5.29. The van der Waals surface area contributed by atoms with E-state index in [1.165, 1.54) is 0 Å². The summed E-state index contributed by atoms with van der Waals surface area (Å²) in [6, 6.07) is 3.31. The summed E-state index contributed by atoms with van der Waals surface area (Å²) in [7, 11) is 0. The number of rotatable bonds is 12. The van der Waals surface area contributed by atoms with Gasteiger partial charge in [-0.05, 0) is 39.5 Å². The fourth-order valence-corrected chi connectivity index (χ4v) is 3.45. The molecular formula is C23H33N3O6. The molecule has 3 rings (SSSR count). The third kappa shape index (κ3) is 7.12. The summed E-state index contributed by atoms with van der Waals surface area (Å²) in [6.07, 6.45) is 3.92. The molecule has 1 heterocycles. The first-order chi connectivity index (χ1) is 15.5. The molecule has 0 spiro atoms. The van der Waals surface area contributed by atoms with Crippen molar-refractivity contribution < 1.29 is 28.6 Å². The van der Waals surface area contributed by atoms with Gasteiger partial charge in [0.1, 0.15) is 11.5 Å². The number of amides is 3. The van der Waals surface area contributed by atoms with Gasteiger partial charge in [0.25, 0.3) is 0 Å². The van der Waals surface area contributed by atoms with Crippen LogP contribution in [-0.4, -0.2) is 50.2 Å². The van der Waals surface area contributed by atoms with Crippen molar-refractivity contribution in [3.63, 3.8) is 0 Å². The van der Waals surface area contributed by atoms with Crippen LogP contribution in [0, 0.1) is 5.92 Å². The predicted octanol–water partition coefficient (Wildman–Crippen LogP) is 2.85. The van der Waals surface area contributed by atoms with Crippen LogP contribution >= 0.6 is 0 Å². The number of hydrogen-bond acceptors (Lipinski definition) is 6. The standard InChI is InChI=1S/C23H33N3O6/c1-3-30-19-13-18(26-23(29)15-7-8-15)20(31-4-2)12-17(19)25-22(28)10-9-21(27)24-14-16-6-5-11-32-16/h12-13,15-16H,3-11,14H2,1-2H3,(H,24,27)(H,25,28)(H,26,29)/t16-/m0/s1. The van der Waals surface area contributed by atoms with E-state index < -0.39 is 0 Å². The molecule has 1 aliphatic carbocycles. The molecule has 2 fully saturated rings. The average Bonchev–Trinajstić information content (AvgIpc) is 3.50. The first kappa shape index (κ1) is 23.8. The van der Waals surface area contributed by atoms with Crippen molar-refractivity contribution in [2.45, 2.75) is 58.5 Å². The van der Waals surface area contributed by atoms with Gasteiger partial charge >= 0.3 is 0 Å². The number of anilines is 2. The minimum Gasteiger partial charge on any atom is -0.492 e. The van der Waals surface area contributed by atoms with Crippen LogP contribution in [0.3, 0.4) is 0 Å². The normalized spacial score (nSPS) is 17.5. The van der Waals surface area contributed by atoms with Crippen LogP contribution in [0.2, 0.25) is 0 Å². The highest BCUT2D eigenvalue weighted by Gasteiger charge is 2.30. The van der Waals surface area contributed by atoms with Crippen LogP contribution in [-0.2, 0) is 19.1 Å². The van der Waals surface area contributed by atoms with Crippen molar-refractivity contribution in [3.05, 3.63) is 12.1 Å². The van der Waals surface area contributed by atoms with E-state index in [4.69, 9.17) is 14.2 Å². The summed E-state index contributed by atoms with van der Waals surface area (Å²) in [5.74, 6) is 0.391. The SMILES string of the molecule is CCOc1cc(NC(=O)C2CC2)c(OCC)cc1NC(=O)CCC(=O)NC[C@@H]1CCCO1. The molecule has 1 atom stereocenters. The lowest BCUT2D eigenvalue weighted by atomic mass is 10.2. The van der Waals surface area contributed by atoms with Crippen LogP contribution in [0.25, 0.3) is 0 Å². The second kappa shape index (κ2) is 11.7. The van der Waals surface area contributed by atoms with Crippen molar-refractivity contribution in [3.8, 4) is 11.5 Å². The monoisotopic (exact) mass is 447 g/mol. The van der Waals surface area contributed by atoms with E-state index in [-0.39, 0.29) is 42.6 Å². The highest BCUT2D eigenvalue weighted by molar-refractivity contribution is 5.98. The molecule has 3 N–H and O–H groups in total. The highest BCUT2D eigenvalue weighted by atomic mass is 16.5. The summed E-state index contributed by atoms with van der Waals surface area (Å²) >= 11 is 0. The molecule has 0 radical (unpaired) electrons. The highest BCUT2D eigenvalue weighted by Crippen LogP contribution is 2.38. The zero-order valence-corrected chi connectivity index (χ0v) is 18.8. The lowest BCUT2D eigenvalue weighted by Gasteiger charge is -2.18. The molecule has 32 heavy (non-hydrogen) atoms. The van der Waals surface area contributed by atoms with E-state index in [1.54, 1.807) is 12.1 Å². The molecule has 9 heteroatoms. The van der Waals surface area contributed by atoms with Gasteiger partial charge in [-0.15, -0.1) is 0 Å². The van der Waals surface area contributed by atoms with Gasteiger partial charge in [-0.3, -0.25) is 14.4 Å². The Morgan fingerprint density at radius 2 is 1.56 bits per heavy atom. The van der Waals surface area contributed by atoms with Crippen LogP contribution < -0.4 is 25.4 Å². The Morgan fingerprint density at radius 1 is 0.938 bits per heavy atom. The molecule has 9 nitrogen and oxygen atoms in total. The molecule has 1 aromatic carbocycles. The Morgan fingerprint density at radius 3 is 2.12 bits per heavy atom. The number of ether oxygens (including phenoxy) is 3. The van der Waals surface area contributed by atoms with Gasteiger partial charge < -0.3 is 30.2 Å². The van der Waals surface area contributed by atoms with Gasteiger partial charge in [0.2, 0.25) is 17.7 Å². The molecule has 1 aromatic rings. The van der Waals surface area contributed by atoms with Crippen molar-refractivity contribution >= 4 is 29.1 Å². The van der Waals surface area contributed by atoms with E-state index in [9.17, 15) is 14.4 Å². The smallest absolute Gasteiger partial charge is 0.227 e. The maximum atomic E-state index is 12.5. The summed E-state index contributed by atoms with van der Waals surface area (Å²) in [6.45, 7) is 5.68.